The van der Waals surface area contributed by atoms with Crippen LogP contribution in [0.15, 0.2) is 35.7 Å². The highest BCUT2D eigenvalue weighted by Gasteiger charge is 2.27. The lowest BCUT2D eigenvalue weighted by Crippen LogP contribution is -2.34. The van der Waals surface area contributed by atoms with E-state index in [4.69, 9.17) is 0 Å². The van der Waals surface area contributed by atoms with E-state index in [-0.39, 0.29) is 5.25 Å². The standard InChI is InChI=1S/C16H20N2O2S2/c19-22(20,15-8-4-5-9-15)17-11-10-14-12-21-16(18-14)13-6-2-1-3-7-13/h1-3,6-7,12,15,17H,4-5,8-11H2. The van der Waals surface area contributed by atoms with Crippen LogP contribution in [0, 0.1) is 0 Å². The van der Waals surface area contributed by atoms with Crippen molar-refractivity contribution in [3.63, 3.8) is 0 Å². The van der Waals surface area contributed by atoms with Gasteiger partial charge in [0.2, 0.25) is 10.0 Å². The van der Waals surface area contributed by atoms with Crippen LogP contribution in [0.2, 0.25) is 0 Å². The van der Waals surface area contributed by atoms with Gasteiger partial charge in [-0.15, -0.1) is 11.3 Å². The van der Waals surface area contributed by atoms with Gasteiger partial charge in [0, 0.05) is 23.9 Å². The van der Waals surface area contributed by atoms with Crippen molar-refractivity contribution in [2.45, 2.75) is 37.4 Å². The van der Waals surface area contributed by atoms with Crippen molar-refractivity contribution in [2.24, 2.45) is 0 Å². The zero-order valence-corrected chi connectivity index (χ0v) is 14.0. The first-order valence-corrected chi connectivity index (χ1v) is 10.1. The second-order valence-corrected chi connectivity index (χ2v) is 8.51. The topological polar surface area (TPSA) is 59.1 Å². The molecule has 1 N–H and O–H groups in total. The fourth-order valence-corrected chi connectivity index (χ4v) is 5.21. The van der Waals surface area contributed by atoms with Gasteiger partial charge in [0.05, 0.1) is 10.9 Å². The number of nitrogens with one attached hydrogen (secondary N) is 1. The Morgan fingerprint density at radius 3 is 2.64 bits per heavy atom. The second-order valence-electron chi connectivity index (χ2n) is 5.61. The zero-order valence-electron chi connectivity index (χ0n) is 12.4. The van der Waals surface area contributed by atoms with Gasteiger partial charge in [-0.25, -0.2) is 18.1 Å². The van der Waals surface area contributed by atoms with Crippen molar-refractivity contribution in [3.8, 4) is 10.6 Å². The summed E-state index contributed by atoms with van der Waals surface area (Å²) < 4.78 is 27.0. The third-order valence-corrected chi connectivity index (χ3v) is 6.89. The molecular formula is C16H20N2O2S2. The maximum Gasteiger partial charge on any atom is 0.214 e. The van der Waals surface area contributed by atoms with E-state index in [1.807, 2.05) is 35.7 Å². The molecule has 0 unspecified atom stereocenters. The number of rotatable bonds is 6. The molecule has 1 aliphatic carbocycles. The lowest BCUT2D eigenvalue weighted by Gasteiger charge is -2.11. The SMILES string of the molecule is O=S(=O)(NCCc1csc(-c2ccccc2)n1)C1CCCC1. The number of sulfonamides is 1. The van der Waals surface area contributed by atoms with Crippen LogP contribution in [0.3, 0.4) is 0 Å². The molecule has 0 atom stereocenters. The summed E-state index contributed by atoms with van der Waals surface area (Å²) in [6.45, 7) is 0.427. The molecule has 1 fully saturated rings. The number of benzene rings is 1. The minimum Gasteiger partial charge on any atom is -0.241 e. The molecule has 0 aliphatic heterocycles. The van der Waals surface area contributed by atoms with Gasteiger partial charge < -0.3 is 0 Å². The molecule has 3 rings (SSSR count). The quantitative estimate of drug-likeness (QED) is 0.881. The predicted molar refractivity (Wildman–Crippen MR) is 90.4 cm³/mol. The maximum absolute atomic E-state index is 12.1. The van der Waals surface area contributed by atoms with Crippen LogP contribution >= 0.6 is 11.3 Å². The highest BCUT2D eigenvalue weighted by Crippen LogP contribution is 2.25. The average Bonchev–Trinajstić information content (AvgIpc) is 3.20. The molecule has 0 radical (unpaired) electrons. The van der Waals surface area contributed by atoms with Crippen LogP contribution < -0.4 is 4.72 Å². The summed E-state index contributed by atoms with van der Waals surface area (Å²) in [5.41, 5.74) is 2.04. The molecule has 118 valence electrons. The van der Waals surface area contributed by atoms with Gasteiger partial charge in [0.15, 0.2) is 0 Å². The summed E-state index contributed by atoms with van der Waals surface area (Å²) in [6, 6.07) is 10.0. The Labute approximate surface area is 135 Å². The Kier molecular flexibility index (Phi) is 4.90. The van der Waals surface area contributed by atoms with Crippen molar-refractivity contribution < 1.29 is 8.42 Å². The number of nitrogens with zero attached hydrogens (tertiary/aromatic N) is 1. The summed E-state index contributed by atoms with van der Waals surface area (Å²) in [7, 11) is -3.15. The highest BCUT2D eigenvalue weighted by molar-refractivity contribution is 7.90. The summed E-state index contributed by atoms with van der Waals surface area (Å²) in [5, 5.41) is 2.80. The third kappa shape index (κ3) is 3.74. The Hall–Kier alpha value is -1.24. The predicted octanol–water partition coefficient (Wildman–Crippen LogP) is 3.21. The smallest absolute Gasteiger partial charge is 0.214 e. The third-order valence-electron chi connectivity index (χ3n) is 4.00. The zero-order chi connectivity index (χ0) is 15.4. The van der Waals surface area contributed by atoms with Gasteiger partial charge in [0.25, 0.3) is 0 Å². The molecule has 22 heavy (non-hydrogen) atoms. The number of thiazole rings is 1. The van der Waals surface area contributed by atoms with Gasteiger partial charge in [-0.2, -0.15) is 0 Å². The molecule has 1 aromatic heterocycles. The molecule has 1 aliphatic rings. The number of hydrogen-bond acceptors (Lipinski definition) is 4. The Bertz CT molecular complexity index is 705. The Balaban J connectivity index is 1.55. The Morgan fingerprint density at radius 1 is 1.18 bits per heavy atom. The molecule has 0 saturated heterocycles. The monoisotopic (exact) mass is 336 g/mol. The van der Waals surface area contributed by atoms with Crippen LogP contribution in [0.25, 0.3) is 10.6 Å². The molecule has 6 heteroatoms. The molecule has 1 heterocycles. The molecule has 4 nitrogen and oxygen atoms in total. The molecule has 0 bridgehead atoms. The minimum absolute atomic E-state index is 0.192. The first-order valence-electron chi connectivity index (χ1n) is 7.63. The normalized spacial score (nSPS) is 16.2. The molecular weight excluding hydrogens is 316 g/mol. The summed E-state index contributed by atoms with van der Waals surface area (Å²) in [6.07, 6.45) is 4.28. The van der Waals surface area contributed by atoms with E-state index in [1.165, 1.54) is 0 Å². The van der Waals surface area contributed by atoms with E-state index in [1.54, 1.807) is 11.3 Å². The Morgan fingerprint density at radius 2 is 1.91 bits per heavy atom. The van der Waals surface area contributed by atoms with Crippen LogP contribution in [-0.2, 0) is 16.4 Å². The first kappa shape index (κ1) is 15.6. The number of aromatic nitrogens is 1. The van der Waals surface area contributed by atoms with E-state index in [2.05, 4.69) is 9.71 Å². The molecule has 1 aromatic carbocycles. The van der Waals surface area contributed by atoms with Crippen molar-refractivity contribution in [2.75, 3.05) is 6.54 Å². The van der Waals surface area contributed by atoms with Gasteiger partial charge in [-0.3, -0.25) is 0 Å². The van der Waals surface area contributed by atoms with Gasteiger partial charge >= 0.3 is 0 Å². The van der Waals surface area contributed by atoms with Gasteiger partial charge in [-0.1, -0.05) is 43.2 Å². The maximum atomic E-state index is 12.1. The van der Waals surface area contributed by atoms with Gasteiger partial charge in [-0.05, 0) is 12.8 Å². The van der Waals surface area contributed by atoms with E-state index < -0.39 is 10.0 Å². The van der Waals surface area contributed by atoms with E-state index >= 15 is 0 Å². The van der Waals surface area contributed by atoms with Crippen LogP contribution in [-0.4, -0.2) is 25.2 Å². The summed E-state index contributed by atoms with van der Waals surface area (Å²) in [4.78, 5) is 4.58. The largest absolute Gasteiger partial charge is 0.241 e. The fraction of sp³-hybridized carbons (Fsp3) is 0.438. The van der Waals surface area contributed by atoms with Crippen molar-refractivity contribution >= 4 is 21.4 Å². The van der Waals surface area contributed by atoms with Gasteiger partial charge in [0.1, 0.15) is 5.01 Å². The minimum atomic E-state index is -3.15. The van der Waals surface area contributed by atoms with Crippen LogP contribution in [0.4, 0.5) is 0 Å². The van der Waals surface area contributed by atoms with Crippen molar-refractivity contribution in [1.82, 2.24) is 9.71 Å². The highest BCUT2D eigenvalue weighted by atomic mass is 32.2. The molecule has 2 aromatic rings. The van der Waals surface area contributed by atoms with Crippen molar-refractivity contribution in [3.05, 3.63) is 41.4 Å². The average molecular weight is 336 g/mol. The van der Waals surface area contributed by atoms with Crippen molar-refractivity contribution in [1.29, 1.82) is 0 Å². The van der Waals surface area contributed by atoms with E-state index in [9.17, 15) is 8.42 Å². The first-order chi connectivity index (χ1) is 10.6. The summed E-state index contributed by atoms with van der Waals surface area (Å²) >= 11 is 1.60. The second kappa shape index (κ2) is 6.89. The van der Waals surface area contributed by atoms with Crippen LogP contribution in [0.1, 0.15) is 31.4 Å². The molecule has 1 saturated carbocycles. The lowest BCUT2D eigenvalue weighted by atomic mass is 10.2. The summed E-state index contributed by atoms with van der Waals surface area (Å²) in [5.74, 6) is 0. The van der Waals surface area contributed by atoms with E-state index in [0.717, 1.165) is 41.9 Å². The fourth-order valence-electron chi connectivity index (χ4n) is 2.77. The van der Waals surface area contributed by atoms with E-state index in [0.29, 0.717) is 13.0 Å². The molecule has 0 amide bonds. The van der Waals surface area contributed by atoms with Crippen LogP contribution in [0.5, 0.6) is 0 Å². The molecule has 0 spiro atoms. The number of hydrogen-bond donors (Lipinski definition) is 1. The lowest BCUT2D eigenvalue weighted by molar-refractivity contribution is 0.564.